The van der Waals surface area contributed by atoms with Gasteiger partial charge < -0.3 is 0 Å². The van der Waals surface area contributed by atoms with Gasteiger partial charge in [0.2, 0.25) is 0 Å². The predicted octanol–water partition coefficient (Wildman–Crippen LogP) is 4.49. The summed E-state index contributed by atoms with van der Waals surface area (Å²) in [5.74, 6) is 1.59. The maximum atomic E-state index is 5.94. The van der Waals surface area contributed by atoms with Crippen LogP contribution in [0.15, 0.2) is 82.8 Å². The summed E-state index contributed by atoms with van der Waals surface area (Å²) in [6.45, 7) is 0. The Bertz CT molecular complexity index is 877. The van der Waals surface area contributed by atoms with Crippen molar-refractivity contribution in [1.82, 2.24) is 0 Å². The third-order valence-electron chi connectivity index (χ3n) is 3.76. The van der Waals surface area contributed by atoms with Gasteiger partial charge in [-0.2, -0.15) is 0 Å². The van der Waals surface area contributed by atoms with Gasteiger partial charge in [-0.15, -0.1) is 0 Å². The topological polar surface area (TPSA) is 43.2 Å². The Kier molecular flexibility index (Phi) is 4.67. The minimum absolute atomic E-state index is 0.793. The van der Waals surface area contributed by atoms with E-state index >= 15 is 0 Å². The standard InChI is InChI=1S/C20H16N2O2.Ga/c23-19-11-5-1-7-15(19)13-21-17-9-3-4-10-18(17)22-14-16-8-2-6-12-20(16)24;/h1-14,23-24H;/q;+2/p-2. The summed E-state index contributed by atoms with van der Waals surface area (Å²) in [7, 11) is 0. The zero-order chi connectivity index (χ0) is 16.9. The van der Waals surface area contributed by atoms with E-state index < -0.39 is 18.1 Å². The van der Waals surface area contributed by atoms with Crippen LogP contribution in [-0.4, -0.2) is 30.6 Å². The SMILES string of the molecule is C1=Nc2ccccc2N=Cc2ccccc2[O][Ga][O]c2ccccc21. The van der Waals surface area contributed by atoms with Crippen molar-refractivity contribution in [2.45, 2.75) is 0 Å². The molecule has 1 radical (unpaired) electrons. The van der Waals surface area contributed by atoms with Gasteiger partial charge in [0, 0.05) is 0 Å². The molecular formula is C20H14GaN2O2. The number of hydrogen-bond donors (Lipinski definition) is 0. The third-order valence-corrected chi connectivity index (χ3v) is 5.22. The van der Waals surface area contributed by atoms with Gasteiger partial charge in [-0.1, -0.05) is 0 Å². The molecule has 0 saturated carbocycles. The molecule has 0 amide bonds. The van der Waals surface area contributed by atoms with Gasteiger partial charge in [0.15, 0.2) is 0 Å². The first-order valence-corrected chi connectivity index (χ1v) is 9.88. The van der Waals surface area contributed by atoms with Crippen LogP contribution in [0.1, 0.15) is 11.1 Å². The zero-order valence-corrected chi connectivity index (χ0v) is 15.8. The molecule has 4 rings (SSSR count). The minimum atomic E-state index is -1.40. The number of aliphatic imine (C=N–C) groups is 2. The van der Waals surface area contributed by atoms with E-state index in [1.165, 1.54) is 0 Å². The molecule has 0 bridgehead atoms. The Balaban J connectivity index is 1.82. The summed E-state index contributed by atoms with van der Waals surface area (Å²) in [5.41, 5.74) is 3.47. The van der Waals surface area contributed by atoms with Crippen LogP contribution in [0.4, 0.5) is 11.4 Å². The molecule has 3 aromatic rings. The average Bonchev–Trinajstić information content (AvgIpc) is 2.68. The number of para-hydroxylation sites is 4. The molecule has 0 aliphatic carbocycles. The average molecular weight is 384 g/mol. The molecule has 119 valence electrons. The molecule has 1 aliphatic heterocycles. The van der Waals surface area contributed by atoms with Crippen LogP contribution in [0.25, 0.3) is 0 Å². The monoisotopic (exact) mass is 383 g/mol. The van der Waals surface area contributed by atoms with Crippen LogP contribution >= 0.6 is 0 Å². The quantitative estimate of drug-likeness (QED) is 0.536. The van der Waals surface area contributed by atoms with Crippen LogP contribution < -0.4 is 7.06 Å². The Morgan fingerprint density at radius 2 is 1.00 bits per heavy atom. The summed E-state index contributed by atoms with van der Waals surface area (Å²) < 4.78 is 11.9. The molecule has 1 aliphatic rings. The molecule has 0 atom stereocenters. The molecule has 3 aromatic carbocycles. The summed E-state index contributed by atoms with van der Waals surface area (Å²) in [6.07, 6.45) is 3.62. The van der Waals surface area contributed by atoms with E-state index in [1.54, 1.807) is 0 Å². The van der Waals surface area contributed by atoms with Crippen LogP contribution in [-0.2, 0) is 0 Å². The molecule has 0 aromatic heterocycles. The predicted molar refractivity (Wildman–Crippen MR) is 101 cm³/mol. The van der Waals surface area contributed by atoms with E-state index in [0.29, 0.717) is 0 Å². The fraction of sp³-hybridized carbons (Fsp3) is 0. The van der Waals surface area contributed by atoms with E-state index in [1.807, 2.05) is 85.2 Å². The van der Waals surface area contributed by atoms with Crippen LogP contribution in [0, 0.1) is 0 Å². The molecule has 1 heterocycles. The second kappa shape index (κ2) is 7.42. The van der Waals surface area contributed by atoms with Crippen molar-refractivity contribution in [1.29, 1.82) is 0 Å². The Hall–Kier alpha value is -2.76. The van der Waals surface area contributed by atoms with Gasteiger partial charge in [0.1, 0.15) is 0 Å². The van der Waals surface area contributed by atoms with Gasteiger partial charge in [-0.25, -0.2) is 0 Å². The van der Waals surface area contributed by atoms with Crippen molar-refractivity contribution in [2.75, 3.05) is 0 Å². The fourth-order valence-electron chi connectivity index (χ4n) is 2.48. The molecular weight excluding hydrogens is 370 g/mol. The van der Waals surface area contributed by atoms with E-state index in [0.717, 1.165) is 34.0 Å². The first kappa shape index (κ1) is 15.7. The summed E-state index contributed by atoms with van der Waals surface area (Å²) in [4.78, 5) is 9.21. The maximum absolute atomic E-state index is 5.94. The van der Waals surface area contributed by atoms with Crippen molar-refractivity contribution >= 4 is 41.9 Å². The first-order chi connectivity index (χ1) is 12.4. The van der Waals surface area contributed by atoms with E-state index in [9.17, 15) is 0 Å². The molecule has 4 nitrogen and oxygen atoms in total. The van der Waals surface area contributed by atoms with E-state index in [2.05, 4.69) is 9.98 Å². The van der Waals surface area contributed by atoms with Gasteiger partial charge in [0.25, 0.3) is 0 Å². The zero-order valence-electron chi connectivity index (χ0n) is 13.4. The fourth-order valence-corrected chi connectivity index (χ4v) is 3.91. The number of hydrogen-bond acceptors (Lipinski definition) is 4. The Morgan fingerprint density at radius 3 is 1.52 bits per heavy atom. The normalized spacial score (nSPS) is 12.6. The number of rotatable bonds is 0. The Morgan fingerprint density at radius 1 is 0.560 bits per heavy atom. The molecule has 25 heavy (non-hydrogen) atoms. The van der Waals surface area contributed by atoms with Gasteiger partial charge in [0.05, 0.1) is 0 Å². The van der Waals surface area contributed by atoms with Crippen molar-refractivity contribution in [3.8, 4) is 11.5 Å². The van der Waals surface area contributed by atoms with Crippen molar-refractivity contribution < 1.29 is 7.06 Å². The summed E-state index contributed by atoms with van der Waals surface area (Å²) in [5, 5.41) is 0. The second-order valence-electron chi connectivity index (χ2n) is 5.41. The molecule has 0 saturated heterocycles. The molecule has 0 spiro atoms. The number of benzene rings is 3. The van der Waals surface area contributed by atoms with Gasteiger partial charge in [-0.3, -0.25) is 0 Å². The van der Waals surface area contributed by atoms with Crippen LogP contribution in [0.2, 0.25) is 0 Å². The van der Waals surface area contributed by atoms with E-state index in [-0.39, 0.29) is 0 Å². The Labute approximate surface area is 154 Å². The third kappa shape index (κ3) is 3.68. The van der Waals surface area contributed by atoms with E-state index in [4.69, 9.17) is 7.06 Å². The van der Waals surface area contributed by atoms with Gasteiger partial charge >= 0.3 is 154 Å². The second-order valence-corrected chi connectivity index (χ2v) is 6.81. The molecule has 5 heteroatoms. The van der Waals surface area contributed by atoms with Crippen molar-refractivity contribution in [3.05, 3.63) is 83.9 Å². The van der Waals surface area contributed by atoms with Crippen molar-refractivity contribution in [2.24, 2.45) is 9.98 Å². The summed E-state index contributed by atoms with van der Waals surface area (Å²) in [6, 6.07) is 23.5. The molecule has 0 unspecified atom stereocenters. The van der Waals surface area contributed by atoms with Crippen LogP contribution in [0.5, 0.6) is 11.5 Å². The number of fused-ring (bicyclic) bond motifs is 3. The van der Waals surface area contributed by atoms with Gasteiger partial charge in [-0.05, 0) is 0 Å². The molecule has 0 fully saturated rings. The molecule has 0 N–H and O–H groups in total. The van der Waals surface area contributed by atoms with Crippen LogP contribution in [0.3, 0.4) is 0 Å². The van der Waals surface area contributed by atoms with Crippen molar-refractivity contribution in [3.63, 3.8) is 0 Å². The number of nitrogens with zero attached hydrogens (tertiary/aromatic N) is 2. The first-order valence-electron chi connectivity index (χ1n) is 7.90. The summed E-state index contributed by atoms with van der Waals surface area (Å²) >= 11 is -1.40.